The molecule has 0 aliphatic rings. The largest absolute Gasteiger partial charge is 0.493 e. The van der Waals surface area contributed by atoms with Gasteiger partial charge in [-0.15, -0.1) is 0 Å². The third-order valence-electron chi connectivity index (χ3n) is 4.88. The Balaban J connectivity index is 1.53. The molecule has 0 radical (unpaired) electrons. The smallest absolute Gasteiger partial charge is 0.349 e. The number of hydrogen-bond acceptors (Lipinski definition) is 4. The quantitative estimate of drug-likeness (QED) is 0.522. The molecule has 1 amide bonds. The van der Waals surface area contributed by atoms with Crippen molar-refractivity contribution in [2.45, 2.75) is 13.3 Å². The summed E-state index contributed by atoms with van der Waals surface area (Å²) in [4.78, 5) is 28.2. The van der Waals surface area contributed by atoms with Gasteiger partial charge in [-0.1, -0.05) is 30.3 Å². The van der Waals surface area contributed by atoms with E-state index in [1.807, 2.05) is 25.1 Å². The van der Waals surface area contributed by atoms with Gasteiger partial charge in [0.05, 0.1) is 7.11 Å². The minimum atomic E-state index is -0.683. The Morgan fingerprint density at radius 3 is 2.82 bits per heavy atom. The number of H-pyrrole nitrogens is 1. The van der Waals surface area contributed by atoms with E-state index in [0.29, 0.717) is 29.7 Å². The first kappa shape index (κ1) is 17.9. The van der Waals surface area contributed by atoms with Crippen LogP contribution >= 0.6 is 0 Å². The van der Waals surface area contributed by atoms with E-state index in [1.54, 1.807) is 18.2 Å². The summed E-state index contributed by atoms with van der Waals surface area (Å²) in [5.74, 6) is 0.00679. The fourth-order valence-corrected chi connectivity index (χ4v) is 3.49. The fraction of sp³-hybridized carbons (Fsp3) is 0.182. The van der Waals surface area contributed by atoms with Crippen LogP contribution in [0.4, 0.5) is 0 Å². The van der Waals surface area contributed by atoms with Crippen molar-refractivity contribution >= 4 is 27.8 Å². The number of rotatable bonds is 5. The highest BCUT2D eigenvalue weighted by Gasteiger charge is 2.16. The molecule has 0 aliphatic heterocycles. The topological polar surface area (TPSA) is 84.3 Å². The van der Waals surface area contributed by atoms with Crippen molar-refractivity contribution in [3.05, 3.63) is 75.8 Å². The average Bonchev–Trinajstić information content (AvgIpc) is 3.02. The predicted octanol–water partition coefficient (Wildman–Crippen LogP) is 3.56. The molecule has 0 saturated heterocycles. The molecule has 6 heteroatoms. The van der Waals surface area contributed by atoms with Gasteiger partial charge in [-0.2, -0.15) is 0 Å². The van der Waals surface area contributed by atoms with Gasteiger partial charge in [-0.05, 0) is 37.1 Å². The van der Waals surface area contributed by atoms with Gasteiger partial charge in [-0.25, -0.2) is 4.79 Å². The van der Waals surface area contributed by atoms with Crippen LogP contribution in [0.3, 0.4) is 0 Å². The lowest BCUT2D eigenvalue weighted by Crippen LogP contribution is -2.30. The predicted molar refractivity (Wildman–Crippen MR) is 108 cm³/mol. The normalized spacial score (nSPS) is 11.1. The first-order valence-electron chi connectivity index (χ1n) is 9.03. The van der Waals surface area contributed by atoms with Crippen molar-refractivity contribution in [3.8, 4) is 5.75 Å². The molecule has 142 valence electrons. The summed E-state index contributed by atoms with van der Waals surface area (Å²) in [6.45, 7) is 2.43. The summed E-state index contributed by atoms with van der Waals surface area (Å²) >= 11 is 0. The first-order chi connectivity index (χ1) is 13.6. The van der Waals surface area contributed by atoms with E-state index in [2.05, 4.69) is 16.4 Å². The van der Waals surface area contributed by atoms with Gasteiger partial charge in [0.1, 0.15) is 5.56 Å². The summed E-state index contributed by atoms with van der Waals surface area (Å²) in [5, 5.41) is 4.60. The van der Waals surface area contributed by atoms with Gasteiger partial charge in [0, 0.05) is 28.5 Å². The molecule has 2 aromatic heterocycles. The molecule has 0 saturated carbocycles. The number of methoxy groups -OCH3 is 1. The molecule has 0 spiro atoms. The standard InChI is InChI=1S/C22H20N2O4/c1-13-15(16-7-3-4-8-18(16)24-13)10-11-23-21(25)17-12-14-6-5-9-19(27-2)20(14)28-22(17)26/h3-9,12,24H,10-11H2,1-2H3,(H,23,25). The fourth-order valence-electron chi connectivity index (χ4n) is 3.49. The first-order valence-corrected chi connectivity index (χ1v) is 9.03. The second-order valence-electron chi connectivity index (χ2n) is 6.61. The molecule has 2 N–H and O–H groups in total. The molecule has 0 bridgehead atoms. The number of aryl methyl sites for hydroxylation is 1. The monoisotopic (exact) mass is 376 g/mol. The highest BCUT2D eigenvalue weighted by atomic mass is 16.5. The van der Waals surface area contributed by atoms with Gasteiger partial charge >= 0.3 is 5.63 Å². The number of aromatic nitrogens is 1. The zero-order valence-electron chi connectivity index (χ0n) is 15.7. The molecule has 4 aromatic rings. The van der Waals surface area contributed by atoms with Gasteiger partial charge in [0.25, 0.3) is 5.91 Å². The van der Waals surface area contributed by atoms with E-state index < -0.39 is 11.5 Å². The van der Waals surface area contributed by atoms with Crippen LogP contribution in [0, 0.1) is 6.92 Å². The van der Waals surface area contributed by atoms with Crippen LogP contribution in [0.2, 0.25) is 0 Å². The highest BCUT2D eigenvalue weighted by molar-refractivity contribution is 5.97. The molecule has 0 aliphatic carbocycles. The molecular formula is C22H20N2O4. The zero-order chi connectivity index (χ0) is 19.7. The number of ether oxygens (including phenoxy) is 1. The second-order valence-corrected chi connectivity index (χ2v) is 6.61. The molecule has 28 heavy (non-hydrogen) atoms. The van der Waals surface area contributed by atoms with Crippen LogP contribution in [0.25, 0.3) is 21.9 Å². The van der Waals surface area contributed by atoms with Crippen LogP contribution in [0.15, 0.2) is 57.7 Å². The summed E-state index contributed by atoms with van der Waals surface area (Å²) in [5.41, 5.74) is 2.94. The number of carbonyl (C=O) groups is 1. The molecule has 4 rings (SSSR count). The number of benzene rings is 2. The number of para-hydroxylation sites is 2. The van der Waals surface area contributed by atoms with Crippen LogP contribution in [0.5, 0.6) is 5.75 Å². The maximum absolute atomic E-state index is 12.5. The molecule has 0 fully saturated rings. The lowest BCUT2D eigenvalue weighted by Gasteiger charge is -2.07. The minimum Gasteiger partial charge on any atom is -0.493 e. The van der Waals surface area contributed by atoms with Crippen LogP contribution in [-0.4, -0.2) is 24.5 Å². The van der Waals surface area contributed by atoms with E-state index in [0.717, 1.165) is 22.2 Å². The van der Waals surface area contributed by atoms with E-state index in [1.165, 1.54) is 13.2 Å². The van der Waals surface area contributed by atoms with Gasteiger partial charge < -0.3 is 19.5 Å². The maximum Gasteiger partial charge on any atom is 0.349 e. The molecule has 0 atom stereocenters. The van der Waals surface area contributed by atoms with Crippen molar-refractivity contribution < 1.29 is 13.9 Å². The lowest BCUT2D eigenvalue weighted by atomic mass is 10.1. The molecule has 2 heterocycles. The number of amides is 1. The number of nitrogens with one attached hydrogen (secondary N) is 2. The maximum atomic E-state index is 12.5. The Kier molecular flexibility index (Phi) is 4.61. The Morgan fingerprint density at radius 2 is 2.00 bits per heavy atom. The SMILES string of the molecule is COc1cccc2cc(C(=O)NCCc3c(C)[nH]c4ccccc34)c(=O)oc12. The number of fused-ring (bicyclic) bond motifs is 2. The zero-order valence-corrected chi connectivity index (χ0v) is 15.7. The average molecular weight is 376 g/mol. The molecule has 6 nitrogen and oxygen atoms in total. The summed E-state index contributed by atoms with van der Waals surface area (Å²) in [6, 6.07) is 14.9. The van der Waals surface area contributed by atoms with Gasteiger partial charge in [-0.3, -0.25) is 4.79 Å². The van der Waals surface area contributed by atoms with Crippen LogP contribution in [0.1, 0.15) is 21.6 Å². The number of hydrogen-bond donors (Lipinski definition) is 2. The van der Waals surface area contributed by atoms with E-state index in [9.17, 15) is 9.59 Å². The van der Waals surface area contributed by atoms with Crippen molar-refractivity contribution in [2.24, 2.45) is 0 Å². The minimum absolute atomic E-state index is 0.0172. The second kappa shape index (κ2) is 7.23. The molecule has 2 aromatic carbocycles. The summed E-state index contributed by atoms with van der Waals surface area (Å²) in [7, 11) is 1.50. The molecular weight excluding hydrogens is 356 g/mol. The lowest BCUT2D eigenvalue weighted by molar-refractivity contribution is 0.0950. The third-order valence-corrected chi connectivity index (χ3v) is 4.88. The Labute approximate surface area is 161 Å². The molecule has 0 unspecified atom stereocenters. The van der Waals surface area contributed by atoms with E-state index in [4.69, 9.17) is 9.15 Å². The Hall–Kier alpha value is -3.54. The van der Waals surface area contributed by atoms with Crippen molar-refractivity contribution in [1.29, 1.82) is 0 Å². The highest BCUT2D eigenvalue weighted by Crippen LogP contribution is 2.24. The number of carbonyl (C=O) groups excluding carboxylic acids is 1. The van der Waals surface area contributed by atoms with Crippen molar-refractivity contribution in [1.82, 2.24) is 10.3 Å². The van der Waals surface area contributed by atoms with E-state index in [-0.39, 0.29) is 5.56 Å². The number of aromatic amines is 1. The Bertz CT molecular complexity index is 1240. The van der Waals surface area contributed by atoms with Crippen LogP contribution in [-0.2, 0) is 6.42 Å². The van der Waals surface area contributed by atoms with Gasteiger partial charge in [0.2, 0.25) is 0 Å². The van der Waals surface area contributed by atoms with Crippen LogP contribution < -0.4 is 15.7 Å². The third kappa shape index (κ3) is 3.13. The Morgan fingerprint density at radius 1 is 1.18 bits per heavy atom. The van der Waals surface area contributed by atoms with Gasteiger partial charge in [0.15, 0.2) is 11.3 Å². The van der Waals surface area contributed by atoms with E-state index >= 15 is 0 Å². The van der Waals surface area contributed by atoms with Crippen molar-refractivity contribution in [2.75, 3.05) is 13.7 Å². The summed E-state index contributed by atoms with van der Waals surface area (Å²) in [6.07, 6.45) is 0.661. The summed E-state index contributed by atoms with van der Waals surface area (Å²) < 4.78 is 10.5. The van der Waals surface area contributed by atoms with Crippen molar-refractivity contribution in [3.63, 3.8) is 0 Å².